The summed E-state index contributed by atoms with van der Waals surface area (Å²) in [7, 11) is 0. The number of rotatable bonds is 6. The standard InChI is InChI=1S/C24H18Cl2O2Si/c25-29(26,23-15-11-21(12-16-23)27-19-7-3-1-4-8-19)24-17-13-22(14-18-24)28-20-9-5-2-6-10-20/h1-18H. The number of hydrogen-bond donors (Lipinski definition) is 0. The quantitative estimate of drug-likeness (QED) is 0.260. The Morgan fingerprint density at radius 2 is 0.724 bits per heavy atom. The molecule has 0 amide bonds. The van der Waals surface area contributed by atoms with E-state index in [0.29, 0.717) is 0 Å². The van der Waals surface area contributed by atoms with Gasteiger partial charge in [-0.1, -0.05) is 60.7 Å². The highest BCUT2D eigenvalue weighted by Crippen LogP contribution is 2.24. The van der Waals surface area contributed by atoms with Crippen molar-refractivity contribution in [2.45, 2.75) is 0 Å². The largest absolute Gasteiger partial charge is 0.457 e. The van der Waals surface area contributed by atoms with Crippen molar-refractivity contribution >= 4 is 39.2 Å². The highest BCUT2D eigenvalue weighted by molar-refractivity contribution is 7.56. The average molecular weight is 437 g/mol. The zero-order valence-electron chi connectivity index (χ0n) is 15.5. The lowest BCUT2D eigenvalue weighted by molar-refractivity contribution is 0.482. The topological polar surface area (TPSA) is 18.5 Å². The molecule has 0 bridgehead atoms. The monoisotopic (exact) mass is 436 g/mol. The van der Waals surface area contributed by atoms with Gasteiger partial charge >= 0.3 is 6.69 Å². The number of ether oxygens (including phenoxy) is 2. The Balaban J connectivity index is 1.48. The Bertz CT molecular complexity index is 965. The highest BCUT2D eigenvalue weighted by atomic mass is 35.7. The molecule has 0 saturated heterocycles. The molecule has 144 valence electrons. The van der Waals surface area contributed by atoms with Crippen LogP contribution in [0.1, 0.15) is 0 Å². The van der Waals surface area contributed by atoms with Crippen LogP contribution in [0.2, 0.25) is 0 Å². The lowest BCUT2D eigenvalue weighted by atomic mass is 10.3. The first-order chi connectivity index (χ1) is 14.1. The minimum absolute atomic E-state index is 0.740. The van der Waals surface area contributed by atoms with Crippen LogP contribution in [0.4, 0.5) is 0 Å². The van der Waals surface area contributed by atoms with Gasteiger partial charge in [-0.15, -0.1) is 22.2 Å². The molecular weight excluding hydrogens is 419 g/mol. The van der Waals surface area contributed by atoms with Crippen molar-refractivity contribution in [3.8, 4) is 23.0 Å². The minimum Gasteiger partial charge on any atom is -0.457 e. The molecule has 0 aromatic heterocycles. The van der Waals surface area contributed by atoms with Crippen LogP contribution in [0.15, 0.2) is 109 Å². The van der Waals surface area contributed by atoms with E-state index in [4.69, 9.17) is 31.6 Å². The zero-order chi connectivity index (χ0) is 20.1. The molecule has 0 radical (unpaired) electrons. The highest BCUT2D eigenvalue weighted by Gasteiger charge is 2.33. The van der Waals surface area contributed by atoms with Gasteiger partial charge in [-0.3, -0.25) is 0 Å². The summed E-state index contributed by atoms with van der Waals surface area (Å²) in [6.07, 6.45) is 0. The predicted octanol–water partition coefficient (Wildman–Crippen LogP) is 6.31. The van der Waals surface area contributed by atoms with Crippen molar-refractivity contribution in [2.24, 2.45) is 0 Å². The van der Waals surface area contributed by atoms with Crippen molar-refractivity contribution in [1.29, 1.82) is 0 Å². The maximum Gasteiger partial charge on any atom is 0.310 e. The second kappa shape index (κ2) is 8.74. The summed E-state index contributed by atoms with van der Waals surface area (Å²) < 4.78 is 11.7. The van der Waals surface area contributed by atoms with Gasteiger partial charge in [0.1, 0.15) is 23.0 Å². The van der Waals surface area contributed by atoms with Crippen LogP contribution in [0, 0.1) is 0 Å². The van der Waals surface area contributed by atoms with Crippen LogP contribution >= 0.6 is 22.2 Å². The molecule has 0 spiro atoms. The fourth-order valence-electron chi connectivity index (χ4n) is 2.88. The Kier molecular flexibility index (Phi) is 5.91. The van der Waals surface area contributed by atoms with Gasteiger partial charge in [0, 0.05) is 0 Å². The second-order valence-electron chi connectivity index (χ2n) is 6.45. The first-order valence-electron chi connectivity index (χ1n) is 9.16. The molecule has 2 nitrogen and oxygen atoms in total. The van der Waals surface area contributed by atoms with E-state index in [-0.39, 0.29) is 0 Å². The van der Waals surface area contributed by atoms with Gasteiger partial charge in [0.25, 0.3) is 0 Å². The fraction of sp³-hybridized carbons (Fsp3) is 0. The van der Waals surface area contributed by atoms with Crippen LogP contribution in [-0.2, 0) is 0 Å². The van der Waals surface area contributed by atoms with Crippen molar-refractivity contribution in [2.75, 3.05) is 0 Å². The summed E-state index contributed by atoms with van der Waals surface area (Å²) in [6.45, 7) is -2.85. The molecule has 0 saturated carbocycles. The first-order valence-corrected chi connectivity index (χ1v) is 13.2. The molecule has 0 fully saturated rings. The molecule has 0 heterocycles. The molecule has 4 rings (SSSR count). The van der Waals surface area contributed by atoms with E-state index >= 15 is 0 Å². The SMILES string of the molecule is Cl[Si](Cl)(c1ccc(Oc2ccccc2)cc1)c1ccc(Oc2ccccc2)cc1. The molecule has 4 aromatic rings. The van der Waals surface area contributed by atoms with Crippen LogP contribution < -0.4 is 19.8 Å². The van der Waals surface area contributed by atoms with E-state index in [9.17, 15) is 0 Å². The third-order valence-corrected chi connectivity index (χ3v) is 9.13. The van der Waals surface area contributed by atoms with Crippen molar-refractivity contribution < 1.29 is 9.47 Å². The van der Waals surface area contributed by atoms with Gasteiger partial charge in [0.15, 0.2) is 0 Å². The van der Waals surface area contributed by atoms with E-state index in [1.165, 1.54) is 0 Å². The van der Waals surface area contributed by atoms with Crippen LogP contribution in [0.5, 0.6) is 23.0 Å². The lowest BCUT2D eigenvalue weighted by Gasteiger charge is -2.18. The molecule has 29 heavy (non-hydrogen) atoms. The van der Waals surface area contributed by atoms with Crippen LogP contribution in [0.25, 0.3) is 0 Å². The molecule has 0 N–H and O–H groups in total. The number of halogens is 2. The Morgan fingerprint density at radius 1 is 0.414 bits per heavy atom. The van der Waals surface area contributed by atoms with E-state index in [0.717, 1.165) is 33.4 Å². The number of hydrogen-bond acceptors (Lipinski definition) is 2. The van der Waals surface area contributed by atoms with Crippen LogP contribution in [0.3, 0.4) is 0 Å². The molecule has 0 atom stereocenters. The van der Waals surface area contributed by atoms with E-state index in [1.54, 1.807) is 0 Å². The molecule has 4 aromatic carbocycles. The van der Waals surface area contributed by atoms with Crippen molar-refractivity contribution in [3.63, 3.8) is 0 Å². The minimum atomic E-state index is -2.85. The first kappa shape index (κ1) is 19.6. The summed E-state index contributed by atoms with van der Waals surface area (Å²) in [5, 5.41) is 1.80. The molecule has 0 aliphatic rings. The van der Waals surface area contributed by atoms with E-state index in [1.807, 2.05) is 109 Å². The summed E-state index contributed by atoms with van der Waals surface area (Å²) in [5.74, 6) is 3.05. The molecule has 0 aliphatic heterocycles. The lowest BCUT2D eigenvalue weighted by Crippen LogP contribution is -2.48. The number of para-hydroxylation sites is 2. The normalized spacial score (nSPS) is 11.1. The predicted molar refractivity (Wildman–Crippen MR) is 123 cm³/mol. The molecular formula is C24H18Cl2O2Si. The third-order valence-electron chi connectivity index (χ3n) is 4.39. The van der Waals surface area contributed by atoms with E-state index in [2.05, 4.69) is 0 Å². The Hall–Kier alpha value is -2.72. The Morgan fingerprint density at radius 3 is 1.07 bits per heavy atom. The smallest absolute Gasteiger partial charge is 0.310 e. The fourth-order valence-corrected chi connectivity index (χ4v) is 5.90. The van der Waals surface area contributed by atoms with Gasteiger partial charge in [0.05, 0.1) is 0 Å². The summed E-state index contributed by atoms with van der Waals surface area (Å²) in [6, 6.07) is 34.6. The van der Waals surface area contributed by atoms with E-state index < -0.39 is 6.69 Å². The molecule has 0 aliphatic carbocycles. The molecule has 5 heteroatoms. The maximum atomic E-state index is 6.83. The summed E-state index contributed by atoms with van der Waals surface area (Å²) in [5.41, 5.74) is 0. The maximum absolute atomic E-state index is 6.83. The van der Waals surface area contributed by atoms with Crippen molar-refractivity contribution in [1.82, 2.24) is 0 Å². The Labute approximate surface area is 180 Å². The van der Waals surface area contributed by atoms with Gasteiger partial charge in [0.2, 0.25) is 0 Å². The van der Waals surface area contributed by atoms with Gasteiger partial charge in [-0.05, 0) is 58.9 Å². The number of benzene rings is 4. The zero-order valence-corrected chi connectivity index (χ0v) is 18.0. The summed E-state index contributed by atoms with van der Waals surface area (Å²) >= 11 is 13.7. The van der Waals surface area contributed by atoms with Gasteiger partial charge < -0.3 is 9.47 Å². The van der Waals surface area contributed by atoms with Gasteiger partial charge in [-0.2, -0.15) is 0 Å². The average Bonchev–Trinajstić information content (AvgIpc) is 2.76. The molecule has 0 unspecified atom stereocenters. The third kappa shape index (κ3) is 4.82. The van der Waals surface area contributed by atoms with Crippen LogP contribution in [-0.4, -0.2) is 6.69 Å². The summed E-state index contributed by atoms with van der Waals surface area (Å²) in [4.78, 5) is 0. The second-order valence-corrected chi connectivity index (χ2v) is 12.7. The van der Waals surface area contributed by atoms with Crippen molar-refractivity contribution in [3.05, 3.63) is 109 Å². The van der Waals surface area contributed by atoms with Gasteiger partial charge in [-0.25, -0.2) is 0 Å².